The summed E-state index contributed by atoms with van der Waals surface area (Å²) >= 11 is 8.94. The molecule has 0 aromatic carbocycles. The summed E-state index contributed by atoms with van der Waals surface area (Å²) in [5, 5.41) is 0. The molecule has 1 aliphatic rings. The van der Waals surface area contributed by atoms with Crippen LogP contribution in [0.25, 0.3) is 5.57 Å². The summed E-state index contributed by atoms with van der Waals surface area (Å²) in [5.41, 5.74) is 3.69. The summed E-state index contributed by atoms with van der Waals surface area (Å²) < 4.78 is 0.885. The quantitative estimate of drug-likeness (QED) is 0.782. The lowest BCUT2D eigenvalue weighted by atomic mass is 10.0. The zero-order chi connectivity index (χ0) is 11.0. The van der Waals surface area contributed by atoms with Gasteiger partial charge in [0, 0.05) is 28.2 Å². The standard InChI is InChI=1S/C11H9BrClNO/c1-6-2-9-8(3-7(12)5-14-9)11(6)10(15)4-13/h3,5H,2,4H2,1H3. The van der Waals surface area contributed by atoms with Gasteiger partial charge in [-0.2, -0.15) is 0 Å². The lowest BCUT2D eigenvalue weighted by Crippen LogP contribution is -2.03. The van der Waals surface area contributed by atoms with Crippen LogP contribution >= 0.6 is 27.5 Å². The minimum Gasteiger partial charge on any atom is -0.293 e. The van der Waals surface area contributed by atoms with E-state index in [9.17, 15) is 4.79 Å². The van der Waals surface area contributed by atoms with Gasteiger partial charge in [-0.05, 0) is 28.9 Å². The van der Waals surface area contributed by atoms with Crippen molar-refractivity contribution >= 4 is 38.9 Å². The number of ketones is 1. The van der Waals surface area contributed by atoms with E-state index in [0.29, 0.717) is 0 Å². The number of carbonyl (C=O) groups is 1. The lowest BCUT2D eigenvalue weighted by molar-refractivity contribution is -0.111. The third-order valence-corrected chi connectivity index (χ3v) is 3.14. The molecule has 1 heterocycles. The van der Waals surface area contributed by atoms with Gasteiger partial charge in [-0.25, -0.2) is 0 Å². The smallest absolute Gasteiger partial charge is 0.178 e. The Bertz CT molecular complexity index is 468. The molecule has 1 aromatic rings. The van der Waals surface area contributed by atoms with Crippen LogP contribution in [0.1, 0.15) is 18.2 Å². The molecule has 1 aromatic heterocycles. The molecule has 2 nitrogen and oxygen atoms in total. The molecule has 1 aliphatic carbocycles. The highest BCUT2D eigenvalue weighted by atomic mass is 79.9. The van der Waals surface area contributed by atoms with Crippen molar-refractivity contribution in [2.75, 3.05) is 5.88 Å². The molecule has 0 spiro atoms. The number of rotatable bonds is 2. The van der Waals surface area contributed by atoms with E-state index < -0.39 is 0 Å². The Morgan fingerprint density at radius 1 is 1.67 bits per heavy atom. The number of halogens is 2. The van der Waals surface area contributed by atoms with Crippen molar-refractivity contribution < 1.29 is 4.79 Å². The molecule has 15 heavy (non-hydrogen) atoms. The molecular formula is C11H9BrClNO. The van der Waals surface area contributed by atoms with Gasteiger partial charge in [-0.15, -0.1) is 11.6 Å². The predicted molar refractivity (Wildman–Crippen MR) is 64.0 cm³/mol. The number of pyridine rings is 1. The molecule has 0 amide bonds. The minimum absolute atomic E-state index is 0.0205. The molecule has 2 rings (SSSR count). The molecule has 0 saturated carbocycles. The van der Waals surface area contributed by atoms with E-state index in [-0.39, 0.29) is 11.7 Å². The number of nitrogens with zero attached hydrogens (tertiary/aromatic N) is 1. The zero-order valence-electron chi connectivity index (χ0n) is 8.18. The van der Waals surface area contributed by atoms with Gasteiger partial charge in [0.1, 0.15) is 0 Å². The molecule has 0 atom stereocenters. The van der Waals surface area contributed by atoms with Gasteiger partial charge in [0.05, 0.1) is 11.6 Å². The summed E-state index contributed by atoms with van der Waals surface area (Å²) in [6.07, 6.45) is 2.50. The summed E-state index contributed by atoms with van der Waals surface area (Å²) in [7, 11) is 0. The van der Waals surface area contributed by atoms with Crippen LogP contribution < -0.4 is 0 Å². The van der Waals surface area contributed by atoms with Gasteiger partial charge in [0.2, 0.25) is 0 Å². The Kier molecular flexibility index (Phi) is 2.94. The Morgan fingerprint density at radius 3 is 3.07 bits per heavy atom. The SMILES string of the molecule is CC1=C(C(=O)CCl)c2cc(Br)cnc2C1. The fraction of sp³-hybridized carbons (Fsp3) is 0.273. The zero-order valence-corrected chi connectivity index (χ0v) is 10.5. The number of carbonyl (C=O) groups excluding carboxylic acids is 1. The lowest BCUT2D eigenvalue weighted by Gasteiger charge is -2.03. The highest BCUT2D eigenvalue weighted by molar-refractivity contribution is 9.10. The van der Waals surface area contributed by atoms with Crippen LogP contribution in [0.15, 0.2) is 22.3 Å². The number of alkyl halides is 1. The van der Waals surface area contributed by atoms with Crippen molar-refractivity contribution in [3.05, 3.63) is 33.6 Å². The largest absolute Gasteiger partial charge is 0.293 e. The first kappa shape index (κ1) is 10.8. The van der Waals surface area contributed by atoms with E-state index in [0.717, 1.165) is 33.3 Å². The second-order valence-corrected chi connectivity index (χ2v) is 4.72. The monoisotopic (exact) mass is 285 g/mol. The van der Waals surface area contributed by atoms with E-state index in [1.807, 2.05) is 13.0 Å². The maximum atomic E-state index is 11.7. The van der Waals surface area contributed by atoms with Crippen LogP contribution in [0.2, 0.25) is 0 Å². The average Bonchev–Trinajstić information content (AvgIpc) is 2.52. The van der Waals surface area contributed by atoms with Gasteiger partial charge in [0.15, 0.2) is 5.78 Å². The third kappa shape index (κ3) is 1.86. The maximum absolute atomic E-state index is 11.7. The van der Waals surface area contributed by atoms with E-state index in [1.165, 1.54) is 0 Å². The summed E-state index contributed by atoms with van der Waals surface area (Å²) in [6.45, 7) is 1.95. The number of fused-ring (bicyclic) bond motifs is 1. The van der Waals surface area contributed by atoms with Crippen LogP contribution in [0, 0.1) is 0 Å². The van der Waals surface area contributed by atoms with Gasteiger partial charge < -0.3 is 0 Å². The second kappa shape index (κ2) is 4.06. The van der Waals surface area contributed by atoms with Crippen molar-refractivity contribution in [2.24, 2.45) is 0 Å². The average molecular weight is 287 g/mol. The highest BCUT2D eigenvalue weighted by Gasteiger charge is 2.24. The molecule has 0 N–H and O–H groups in total. The molecule has 0 saturated heterocycles. The molecular weight excluding hydrogens is 277 g/mol. The molecule has 0 radical (unpaired) electrons. The number of hydrogen-bond donors (Lipinski definition) is 0. The fourth-order valence-corrected chi connectivity index (χ4v) is 2.31. The fourth-order valence-electron chi connectivity index (χ4n) is 1.85. The van der Waals surface area contributed by atoms with Crippen molar-refractivity contribution in [3.8, 4) is 0 Å². The van der Waals surface area contributed by atoms with Gasteiger partial charge >= 0.3 is 0 Å². The molecule has 0 unspecified atom stereocenters. The van der Waals surface area contributed by atoms with Gasteiger partial charge in [-0.3, -0.25) is 9.78 Å². The number of hydrogen-bond acceptors (Lipinski definition) is 2. The summed E-state index contributed by atoms with van der Waals surface area (Å²) in [4.78, 5) is 16.0. The van der Waals surface area contributed by atoms with E-state index in [2.05, 4.69) is 20.9 Å². The third-order valence-electron chi connectivity index (χ3n) is 2.47. The van der Waals surface area contributed by atoms with E-state index in [1.54, 1.807) is 6.20 Å². The second-order valence-electron chi connectivity index (χ2n) is 3.54. The molecule has 0 aliphatic heterocycles. The number of aromatic nitrogens is 1. The van der Waals surface area contributed by atoms with Crippen molar-refractivity contribution in [2.45, 2.75) is 13.3 Å². The molecule has 78 valence electrons. The summed E-state index contributed by atoms with van der Waals surface area (Å²) in [6, 6.07) is 1.93. The van der Waals surface area contributed by atoms with Crippen LogP contribution in [0.5, 0.6) is 0 Å². The van der Waals surface area contributed by atoms with E-state index >= 15 is 0 Å². The molecule has 4 heteroatoms. The minimum atomic E-state index is -0.0205. The molecule has 0 bridgehead atoms. The van der Waals surface area contributed by atoms with E-state index in [4.69, 9.17) is 11.6 Å². The first-order valence-electron chi connectivity index (χ1n) is 4.57. The Labute approximate surface area is 101 Å². The Hall–Kier alpha value is -0.670. The van der Waals surface area contributed by atoms with Crippen molar-refractivity contribution in [1.82, 2.24) is 4.98 Å². The molecule has 0 fully saturated rings. The van der Waals surface area contributed by atoms with Gasteiger partial charge in [-0.1, -0.05) is 5.57 Å². The Morgan fingerprint density at radius 2 is 2.40 bits per heavy atom. The topological polar surface area (TPSA) is 30.0 Å². The van der Waals surface area contributed by atoms with Crippen molar-refractivity contribution in [3.63, 3.8) is 0 Å². The van der Waals surface area contributed by atoms with Gasteiger partial charge in [0.25, 0.3) is 0 Å². The van der Waals surface area contributed by atoms with Crippen LogP contribution in [-0.4, -0.2) is 16.6 Å². The van der Waals surface area contributed by atoms with Crippen LogP contribution in [0.4, 0.5) is 0 Å². The predicted octanol–water partition coefficient (Wildman–Crippen LogP) is 2.98. The maximum Gasteiger partial charge on any atom is 0.178 e. The summed E-state index contributed by atoms with van der Waals surface area (Å²) in [5.74, 6) is 0.00588. The first-order valence-corrected chi connectivity index (χ1v) is 5.90. The number of allylic oxidation sites excluding steroid dienone is 2. The first-order chi connectivity index (χ1) is 7.13. The van der Waals surface area contributed by atoms with Crippen LogP contribution in [0.3, 0.4) is 0 Å². The Balaban J connectivity index is 2.54. The normalized spacial score (nSPS) is 14.3. The highest BCUT2D eigenvalue weighted by Crippen LogP contribution is 2.33. The van der Waals surface area contributed by atoms with Crippen molar-refractivity contribution in [1.29, 1.82) is 0 Å². The van der Waals surface area contributed by atoms with Crippen LogP contribution in [-0.2, 0) is 11.2 Å². The number of Topliss-reactive ketones (excluding diaryl/α,β-unsaturated/α-hetero) is 1.